The maximum absolute atomic E-state index is 12.6. The first-order valence-corrected chi connectivity index (χ1v) is 10.1. The van der Waals surface area contributed by atoms with E-state index in [1.165, 1.54) is 4.52 Å². The number of para-hydroxylation sites is 1. The van der Waals surface area contributed by atoms with Crippen molar-refractivity contribution in [2.75, 3.05) is 25.0 Å². The quantitative estimate of drug-likeness (QED) is 0.404. The van der Waals surface area contributed by atoms with Crippen LogP contribution in [0.2, 0.25) is 0 Å². The lowest BCUT2D eigenvalue weighted by atomic mass is 10.1. The number of hydrogen-bond donors (Lipinski definition) is 3. The van der Waals surface area contributed by atoms with Gasteiger partial charge in [0.15, 0.2) is 11.5 Å². The molecule has 13 heteroatoms. The topological polar surface area (TPSA) is 166 Å². The summed E-state index contributed by atoms with van der Waals surface area (Å²) in [7, 11) is 1.78. The SMILES string of the molecule is Cn1cc(-c2nc3c4cccc(C#N)c4nc(N[C@@H]4CN(C(=O)O)CCNC4=O)n3n2)cn1. The predicted octanol–water partition coefficient (Wildman–Crippen LogP) is 0.440. The number of nitrogens with zero attached hydrogens (tertiary/aromatic N) is 8. The van der Waals surface area contributed by atoms with Crippen molar-refractivity contribution in [1.82, 2.24) is 39.6 Å². The van der Waals surface area contributed by atoms with Gasteiger partial charge in [0, 0.05) is 31.7 Å². The van der Waals surface area contributed by atoms with Gasteiger partial charge in [0.05, 0.1) is 29.4 Å². The van der Waals surface area contributed by atoms with E-state index >= 15 is 0 Å². The fourth-order valence-corrected chi connectivity index (χ4v) is 3.75. The van der Waals surface area contributed by atoms with Crippen LogP contribution < -0.4 is 10.6 Å². The third-order valence-corrected chi connectivity index (χ3v) is 5.36. The van der Waals surface area contributed by atoms with Crippen molar-refractivity contribution >= 4 is 34.5 Å². The van der Waals surface area contributed by atoms with Crippen LogP contribution >= 0.6 is 0 Å². The van der Waals surface area contributed by atoms with Crippen molar-refractivity contribution in [2.45, 2.75) is 6.04 Å². The first-order valence-electron chi connectivity index (χ1n) is 10.1. The van der Waals surface area contributed by atoms with Crippen molar-refractivity contribution in [3.8, 4) is 17.5 Å². The van der Waals surface area contributed by atoms with Gasteiger partial charge >= 0.3 is 6.09 Å². The molecule has 1 aliphatic heterocycles. The molecule has 1 atom stereocenters. The maximum atomic E-state index is 12.6. The third kappa shape index (κ3) is 3.53. The van der Waals surface area contributed by atoms with Gasteiger partial charge in [0.1, 0.15) is 12.1 Å². The van der Waals surface area contributed by atoms with E-state index in [1.54, 1.807) is 42.3 Å². The molecule has 0 aliphatic carbocycles. The van der Waals surface area contributed by atoms with Crippen LogP contribution in [0.4, 0.5) is 10.7 Å². The van der Waals surface area contributed by atoms with Crippen LogP contribution in [0.5, 0.6) is 0 Å². The Kier molecular flexibility index (Phi) is 4.74. The van der Waals surface area contributed by atoms with Gasteiger partial charge < -0.3 is 20.6 Å². The van der Waals surface area contributed by atoms with Gasteiger partial charge in [0.2, 0.25) is 11.9 Å². The number of aromatic nitrogens is 6. The highest BCUT2D eigenvalue weighted by Gasteiger charge is 2.29. The summed E-state index contributed by atoms with van der Waals surface area (Å²) in [5.41, 5.74) is 1.84. The highest BCUT2D eigenvalue weighted by Crippen LogP contribution is 2.26. The zero-order valence-electron chi connectivity index (χ0n) is 17.4. The molecule has 1 aromatic carbocycles. The van der Waals surface area contributed by atoms with E-state index in [0.717, 1.165) is 4.90 Å². The van der Waals surface area contributed by atoms with Crippen LogP contribution in [-0.4, -0.2) is 77.0 Å². The van der Waals surface area contributed by atoms with Gasteiger partial charge in [-0.25, -0.2) is 14.8 Å². The summed E-state index contributed by atoms with van der Waals surface area (Å²) in [6.07, 6.45) is 2.27. The average molecular weight is 446 g/mol. The maximum Gasteiger partial charge on any atom is 0.407 e. The number of anilines is 1. The Morgan fingerprint density at radius 3 is 2.94 bits per heavy atom. The minimum absolute atomic E-state index is 0.0770. The van der Waals surface area contributed by atoms with Crippen LogP contribution in [0.1, 0.15) is 5.56 Å². The summed E-state index contributed by atoms with van der Waals surface area (Å²) in [4.78, 5) is 34.5. The van der Waals surface area contributed by atoms with Gasteiger partial charge in [-0.2, -0.15) is 14.9 Å². The van der Waals surface area contributed by atoms with E-state index < -0.39 is 12.1 Å². The molecule has 3 aromatic heterocycles. The second kappa shape index (κ2) is 7.75. The summed E-state index contributed by atoms with van der Waals surface area (Å²) >= 11 is 0. The highest BCUT2D eigenvalue weighted by atomic mass is 16.4. The van der Waals surface area contributed by atoms with Crippen molar-refractivity contribution < 1.29 is 14.7 Å². The Bertz CT molecular complexity index is 1450. The van der Waals surface area contributed by atoms with Gasteiger partial charge in [-0.05, 0) is 12.1 Å². The Morgan fingerprint density at radius 2 is 2.21 bits per heavy atom. The minimum atomic E-state index is -1.12. The molecule has 0 spiro atoms. The van der Waals surface area contributed by atoms with E-state index in [9.17, 15) is 20.0 Å². The van der Waals surface area contributed by atoms with Crippen LogP contribution in [0.3, 0.4) is 0 Å². The molecule has 4 aromatic rings. The number of hydrogen-bond acceptors (Lipinski definition) is 8. The van der Waals surface area contributed by atoms with E-state index in [4.69, 9.17) is 0 Å². The average Bonchev–Trinajstić information content (AvgIpc) is 3.39. The summed E-state index contributed by atoms with van der Waals surface area (Å²) in [5.74, 6) is 0.186. The second-order valence-corrected chi connectivity index (χ2v) is 7.54. The zero-order valence-corrected chi connectivity index (χ0v) is 17.4. The lowest BCUT2D eigenvalue weighted by molar-refractivity contribution is -0.121. The molecule has 166 valence electrons. The standard InChI is InChI=1S/C20H18N10O3/c1-28-9-12(8-23-28)16-26-17-13-4-2-3-11(7-21)15(13)25-19(30(17)27-16)24-14-10-29(20(32)33)6-5-22-18(14)31/h2-4,8-9,14H,5-6,10H2,1H3,(H,22,31)(H,24,25)(H,32,33)/t14-/m1/s1. The van der Waals surface area contributed by atoms with E-state index in [2.05, 4.69) is 36.9 Å². The fourth-order valence-electron chi connectivity index (χ4n) is 3.75. The number of carboxylic acid groups (broad SMARTS) is 1. The number of nitriles is 1. The van der Waals surface area contributed by atoms with Crippen LogP contribution in [0, 0.1) is 11.3 Å². The minimum Gasteiger partial charge on any atom is -0.465 e. The normalized spacial score (nSPS) is 16.4. The van der Waals surface area contributed by atoms with E-state index in [1.807, 2.05) is 0 Å². The molecule has 2 amide bonds. The molecule has 0 radical (unpaired) electrons. The van der Waals surface area contributed by atoms with Crippen LogP contribution in [0.15, 0.2) is 30.6 Å². The lowest BCUT2D eigenvalue weighted by Crippen LogP contribution is -2.44. The van der Waals surface area contributed by atoms with Crippen LogP contribution in [-0.2, 0) is 11.8 Å². The second-order valence-electron chi connectivity index (χ2n) is 7.54. The number of fused-ring (bicyclic) bond motifs is 3. The van der Waals surface area contributed by atoms with Crippen molar-refractivity contribution in [3.63, 3.8) is 0 Å². The molecule has 0 unspecified atom stereocenters. The Morgan fingerprint density at radius 1 is 1.36 bits per heavy atom. The first-order chi connectivity index (χ1) is 15.9. The Hall–Kier alpha value is -4.73. The van der Waals surface area contributed by atoms with Crippen LogP contribution in [0.25, 0.3) is 27.9 Å². The Labute approximate surface area is 186 Å². The number of amides is 2. The Balaban J connectivity index is 1.67. The molecule has 1 fully saturated rings. The van der Waals surface area contributed by atoms with Gasteiger partial charge in [0.25, 0.3) is 0 Å². The number of carbonyl (C=O) groups excluding carboxylic acids is 1. The number of nitrogens with one attached hydrogen (secondary N) is 2. The summed E-state index contributed by atoms with van der Waals surface area (Å²) in [6, 6.07) is 6.36. The van der Waals surface area contributed by atoms with E-state index in [-0.39, 0.29) is 31.5 Å². The first kappa shape index (κ1) is 20.2. The van der Waals surface area contributed by atoms with Crippen molar-refractivity contribution in [1.29, 1.82) is 5.26 Å². The number of rotatable bonds is 3. The molecule has 1 saturated heterocycles. The van der Waals surface area contributed by atoms with E-state index in [0.29, 0.717) is 33.5 Å². The molecule has 3 N–H and O–H groups in total. The van der Waals surface area contributed by atoms with Gasteiger partial charge in [-0.3, -0.25) is 9.48 Å². The molecule has 13 nitrogen and oxygen atoms in total. The molecule has 33 heavy (non-hydrogen) atoms. The molecular formula is C20H18N10O3. The number of benzene rings is 1. The zero-order chi connectivity index (χ0) is 23.1. The predicted molar refractivity (Wildman–Crippen MR) is 115 cm³/mol. The smallest absolute Gasteiger partial charge is 0.407 e. The molecule has 1 aliphatic rings. The largest absolute Gasteiger partial charge is 0.465 e. The fraction of sp³-hybridized carbons (Fsp3) is 0.250. The molecule has 4 heterocycles. The monoisotopic (exact) mass is 446 g/mol. The molecule has 0 saturated carbocycles. The summed E-state index contributed by atoms with van der Waals surface area (Å²) < 4.78 is 3.08. The molecule has 0 bridgehead atoms. The number of aryl methyl sites for hydroxylation is 1. The van der Waals surface area contributed by atoms with Gasteiger partial charge in [-0.15, -0.1) is 5.10 Å². The lowest BCUT2D eigenvalue weighted by Gasteiger charge is -2.21. The number of carbonyl (C=O) groups is 2. The summed E-state index contributed by atoms with van der Waals surface area (Å²) in [5, 5.41) is 34.0. The highest BCUT2D eigenvalue weighted by molar-refractivity contribution is 5.96. The molecular weight excluding hydrogens is 428 g/mol. The van der Waals surface area contributed by atoms with Crippen molar-refractivity contribution in [2.24, 2.45) is 7.05 Å². The molecule has 5 rings (SSSR count). The van der Waals surface area contributed by atoms with Gasteiger partial charge in [-0.1, -0.05) is 6.07 Å². The third-order valence-electron chi connectivity index (χ3n) is 5.36. The van der Waals surface area contributed by atoms with Crippen molar-refractivity contribution in [3.05, 3.63) is 36.2 Å². The summed E-state index contributed by atoms with van der Waals surface area (Å²) in [6.45, 7) is 0.302.